The van der Waals surface area contributed by atoms with Gasteiger partial charge in [0.1, 0.15) is 6.04 Å². The molecule has 0 saturated carbocycles. The SMILES string of the molecule is CCCCNC(=O)C(C)N(Cc1ccc(Cl)cc1Cl)C(=O)CCSc1ccccc1. The number of carbonyl (C=O) groups is 2. The van der Waals surface area contributed by atoms with Crippen LogP contribution in [0.5, 0.6) is 0 Å². The number of halogens is 2. The molecular weight excluding hydrogens is 439 g/mol. The monoisotopic (exact) mass is 466 g/mol. The van der Waals surface area contributed by atoms with Crippen LogP contribution in [0.1, 0.15) is 38.7 Å². The highest BCUT2D eigenvalue weighted by Gasteiger charge is 2.26. The van der Waals surface area contributed by atoms with E-state index in [1.807, 2.05) is 30.3 Å². The summed E-state index contributed by atoms with van der Waals surface area (Å²) < 4.78 is 0. The molecule has 1 N–H and O–H groups in total. The number of carbonyl (C=O) groups excluding carboxylic acids is 2. The number of thioether (sulfide) groups is 1. The summed E-state index contributed by atoms with van der Waals surface area (Å²) in [4.78, 5) is 28.4. The molecule has 0 aromatic heterocycles. The fraction of sp³-hybridized carbons (Fsp3) is 0.391. The number of rotatable bonds is 11. The first-order chi connectivity index (χ1) is 14.4. The summed E-state index contributed by atoms with van der Waals surface area (Å²) in [5, 5.41) is 3.94. The van der Waals surface area contributed by atoms with Crippen LogP contribution >= 0.6 is 35.0 Å². The Balaban J connectivity index is 2.08. The predicted octanol–water partition coefficient (Wildman–Crippen LogP) is 5.81. The summed E-state index contributed by atoms with van der Waals surface area (Å²) in [6, 6.07) is 14.5. The minimum atomic E-state index is -0.595. The van der Waals surface area contributed by atoms with Gasteiger partial charge in [-0.2, -0.15) is 0 Å². The summed E-state index contributed by atoms with van der Waals surface area (Å²) in [6.07, 6.45) is 2.23. The molecule has 0 bridgehead atoms. The van der Waals surface area contributed by atoms with E-state index in [9.17, 15) is 9.59 Å². The lowest BCUT2D eigenvalue weighted by atomic mass is 10.1. The van der Waals surface area contributed by atoms with Crippen molar-refractivity contribution in [2.45, 2.75) is 50.6 Å². The van der Waals surface area contributed by atoms with Crippen molar-refractivity contribution in [1.82, 2.24) is 10.2 Å². The lowest BCUT2D eigenvalue weighted by molar-refractivity contribution is -0.140. The zero-order valence-electron chi connectivity index (χ0n) is 17.4. The van der Waals surface area contributed by atoms with E-state index >= 15 is 0 Å². The Bertz CT molecular complexity index is 833. The summed E-state index contributed by atoms with van der Waals surface area (Å²) in [7, 11) is 0. The number of unbranched alkanes of at least 4 members (excludes halogenated alkanes) is 1. The van der Waals surface area contributed by atoms with Crippen molar-refractivity contribution >= 4 is 46.8 Å². The zero-order chi connectivity index (χ0) is 21.9. The molecule has 2 aromatic carbocycles. The number of amides is 2. The summed E-state index contributed by atoms with van der Waals surface area (Å²) >= 11 is 13.9. The van der Waals surface area contributed by atoms with Crippen molar-refractivity contribution in [1.29, 1.82) is 0 Å². The number of nitrogens with zero attached hydrogens (tertiary/aromatic N) is 1. The second-order valence-electron chi connectivity index (χ2n) is 6.99. The third kappa shape index (κ3) is 7.86. The minimum absolute atomic E-state index is 0.0809. The van der Waals surface area contributed by atoms with Gasteiger partial charge in [-0.1, -0.05) is 60.8 Å². The van der Waals surface area contributed by atoms with Crippen molar-refractivity contribution in [2.24, 2.45) is 0 Å². The van der Waals surface area contributed by atoms with Crippen LogP contribution in [-0.2, 0) is 16.1 Å². The average Bonchev–Trinajstić information content (AvgIpc) is 2.73. The number of nitrogens with one attached hydrogen (secondary N) is 1. The highest BCUT2D eigenvalue weighted by molar-refractivity contribution is 7.99. The Morgan fingerprint density at radius 2 is 1.87 bits per heavy atom. The van der Waals surface area contributed by atoms with E-state index in [2.05, 4.69) is 12.2 Å². The Morgan fingerprint density at radius 3 is 2.53 bits per heavy atom. The molecule has 7 heteroatoms. The summed E-state index contributed by atoms with van der Waals surface area (Å²) in [5.41, 5.74) is 0.762. The maximum Gasteiger partial charge on any atom is 0.242 e. The molecule has 30 heavy (non-hydrogen) atoms. The van der Waals surface area contributed by atoms with E-state index in [1.165, 1.54) is 0 Å². The standard InChI is InChI=1S/C23H28Cl2N2O2S/c1-3-4-13-26-23(29)17(2)27(16-18-10-11-19(24)15-21(18)25)22(28)12-14-30-20-8-6-5-7-9-20/h5-11,15,17H,3-4,12-14,16H2,1-2H3,(H,26,29). The third-order valence-corrected chi connectivity index (χ3v) is 6.28. The van der Waals surface area contributed by atoms with Crippen LogP contribution in [0.25, 0.3) is 0 Å². The van der Waals surface area contributed by atoms with Crippen LogP contribution in [0, 0.1) is 0 Å². The van der Waals surface area contributed by atoms with Crippen LogP contribution in [0.2, 0.25) is 10.0 Å². The topological polar surface area (TPSA) is 49.4 Å². The summed E-state index contributed by atoms with van der Waals surface area (Å²) in [5.74, 6) is 0.401. The molecule has 0 saturated heterocycles. The molecule has 2 amide bonds. The molecule has 2 rings (SSSR count). The molecule has 0 spiro atoms. The zero-order valence-corrected chi connectivity index (χ0v) is 19.7. The van der Waals surface area contributed by atoms with Crippen molar-refractivity contribution in [3.63, 3.8) is 0 Å². The maximum absolute atomic E-state index is 13.1. The van der Waals surface area contributed by atoms with Gasteiger partial charge in [0, 0.05) is 40.2 Å². The van der Waals surface area contributed by atoms with Crippen LogP contribution < -0.4 is 5.32 Å². The Labute approximate surface area is 193 Å². The van der Waals surface area contributed by atoms with Crippen molar-refractivity contribution in [3.8, 4) is 0 Å². The molecule has 1 atom stereocenters. The van der Waals surface area contributed by atoms with E-state index in [1.54, 1.807) is 41.8 Å². The van der Waals surface area contributed by atoms with E-state index in [-0.39, 0.29) is 18.4 Å². The van der Waals surface area contributed by atoms with Crippen LogP contribution in [0.15, 0.2) is 53.4 Å². The Hall–Kier alpha value is -1.69. The highest BCUT2D eigenvalue weighted by atomic mass is 35.5. The number of hydrogen-bond acceptors (Lipinski definition) is 3. The lowest BCUT2D eigenvalue weighted by Gasteiger charge is -2.29. The van der Waals surface area contributed by atoms with Crippen molar-refractivity contribution in [2.75, 3.05) is 12.3 Å². The minimum Gasteiger partial charge on any atom is -0.354 e. The van der Waals surface area contributed by atoms with Gasteiger partial charge < -0.3 is 10.2 Å². The largest absolute Gasteiger partial charge is 0.354 e. The number of hydrogen-bond donors (Lipinski definition) is 1. The average molecular weight is 467 g/mol. The quantitative estimate of drug-likeness (QED) is 0.335. The van der Waals surface area contributed by atoms with Crippen LogP contribution in [0.4, 0.5) is 0 Å². The molecular formula is C23H28Cl2N2O2S. The molecule has 162 valence electrons. The van der Waals surface area contributed by atoms with E-state index < -0.39 is 6.04 Å². The second kappa shape index (κ2) is 12.9. The molecule has 2 aromatic rings. The maximum atomic E-state index is 13.1. The van der Waals surface area contributed by atoms with Crippen LogP contribution in [-0.4, -0.2) is 35.1 Å². The number of benzene rings is 2. The van der Waals surface area contributed by atoms with Crippen LogP contribution in [0.3, 0.4) is 0 Å². The van der Waals surface area contributed by atoms with E-state index in [0.29, 0.717) is 28.8 Å². The Morgan fingerprint density at radius 1 is 1.13 bits per heavy atom. The van der Waals surface area contributed by atoms with Gasteiger partial charge in [-0.25, -0.2) is 0 Å². The molecule has 0 radical (unpaired) electrons. The van der Waals surface area contributed by atoms with Gasteiger partial charge in [0.15, 0.2) is 0 Å². The van der Waals surface area contributed by atoms with Crippen molar-refractivity contribution < 1.29 is 9.59 Å². The first kappa shape index (κ1) is 24.6. The first-order valence-electron chi connectivity index (χ1n) is 10.1. The molecule has 0 fully saturated rings. The molecule has 0 aliphatic heterocycles. The van der Waals surface area contributed by atoms with Gasteiger partial charge in [-0.05, 0) is 43.2 Å². The van der Waals surface area contributed by atoms with Gasteiger partial charge >= 0.3 is 0 Å². The predicted molar refractivity (Wildman–Crippen MR) is 126 cm³/mol. The summed E-state index contributed by atoms with van der Waals surface area (Å²) in [6.45, 7) is 4.69. The van der Waals surface area contributed by atoms with Gasteiger partial charge in [0.2, 0.25) is 11.8 Å². The molecule has 4 nitrogen and oxygen atoms in total. The lowest BCUT2D eigenvalue weighted by Crippen LogP contribution is -2.47. The van der Waals surface area contributed by atoms with Gasteiger partial charge in [-0.3, -0.25) is 9.59 Å². The normalized spacial score (nSPS) is 11.7. The highest BCUT2D eigenvalue weighted by Crippen LogP contribution is 2.24. The fourth-order valence-corrected chi connectivity index (χ4v) is 4.20. The Kier molecular flexibility index (Phi) is 10.6. The smallest absolute Gasteiger partial charge is 0.242 e. The molecule has 0 heterocycles. The van der Waals surface area contributed by atoms with E-state index in [0.717, 1.165) is 23.3 Å². The second-order valence-corrected chi connectivity index (χ2v) is 9.00. The molecule has 0 aliphatic carbocycles. The van der Waals surface area contributed by atoms with Gasteiger partial charge in [-0.15, -0.1) is 11.8 Å². The van der Waals surface area contributed by atoms with Gasteiger partial charge in [0.25, 0.3) is 0 Å². The third-order valence-electron chi connectivity index (χ3n) is 4.68. The first-order valence-corrected chi connectivity index (χ1v) is 11.9. The fourth-order valence-electron chi connectivity index (χ4n) is 2.87. The molecule has 0 aliphatic rings. The van der Waals surface area contributed by atoms with Gasteiger partial charge in [0.05, 0.1) is 0 Å². The van der Waals surface area contributed by atoms with Crippen molar-refractivity contribution in [3.05, 3.63) is 64.1 Å². The molecule has 1 unspecified atom stereocenters. The van der Waals surface area contributed by atoms with E-state index in [4.69, 9.17) is 23.2 Å².